The monoisotopic (exact) mass is 437 g/mol. The maximum absolute atomic E-state index is 12.8. The third-order valence-electron chi connectivity index (χ3n) is 4.90. The van der Waals surface area contributed by atoms with Gasteiger partial charge in [0, 0.05) is 19.5 Å². The van der Waals surface area contributed by atoms with Gasteiger partial charge in [-0.2, -0.15) is 0 Å². The highest BCUT2D eigenvalue weighted by atomic mass is 16.5. The van der Waals surface area contributed by atoms with E-state index in [1.54, 1.807) is 18.7 Å². The van der Waals surface area contributed by atoms with Gasteiger partial charge in [-0.25, -0.2) is 9.59 Å². The van der Waals surface area contributed by atoms with E-state index in [0.29, 0.717) is 6.54 Å². The summed E-state index contributed by atoms with van der Waals surface area (Å²) >= 11 is 0. The molecule has 172 valence electrons. The molecule has 0 aromatic carbocycles. The molecule has 0 bridgehead atoms. The predicted octanol–water partition coefficient (Wildman–Crippen LogP) is 1.68. The maximum Gasteiger partial charge on any atom is 0.344 e. The fourth-order valence-electron chi connectivity index (χ4n) is 3.44. The molecule has 0 spiro atoms. The molecule has 1 fully saturated rings. The number of rotatable bonds is 10. The van der Waals surface area contributed by atoms with Crippen molar-refractivity contribution in [3.05, 3.63) is 16.9 Å². The molecule has 2 amide bonds. The summed E-state index contributed by atoms with van der Waals surface area (Å²) < 4.78 is 15.6. The Hall–Kier alpha value is -2.88. The first-order valence-corrected chi connectivity index (χ1v) is 10.4. The number of hydrogen-bond acceptors (Lipinski definition) is 8. The second kappa shape index (κ2) is 10.9. The van der Waals surface area contributed by atoms with Crippen molar-refractivity contribution < 1.29 is 33.1 Å². The van der Waals surface area contributed by atoms with Crippen LogP contribution in [0.2, 0.25) is 0 Å². The first kappa shape index (κ1) is 24.4. The summed E-state index contributed by atoms with van der Waals surface area (Å²) in [7, 11) is 3.91. The van der Waals surface area contributed by atoms with Crippen LogP contribution in [0, 0.1) is 12.8 Å². The molecule has 10 nitrogen and oxygen atoms in total. The third kappa shape index (κ3) is 6.06. The number of aryl methyl sites for hydroxylation is 1. The standard InChI is InChI=1S/C21H31N3O7/c1-6-29-20(27)16-13(3)31-19(17(16)21(28)30-7-2)22-18(26)14-11-15(25)24(12-14)10-8-9-23(4)5/h14H,6-12H2,1-5H3,(H,22,26). The summed E-state index contributed by atoms with van der Waals surface area (Å²) in [5.74, 6) is -2.73. The van der Waals surface area contributed by atoms with Crippen molar-refractivity contribution in [2.24, 2.45) is 5.92 Å². The van der Waals surface area contributed by atoms with Crippen LogP contribution in [0.1, 0.15) is 53.2 Å². The number of carbonyl (C=O) groups excluding carboxylic acids is 4. The minimum absolute atomic E-state index is 0.0764. The lowest BCUT2D eigenvalue weighted by Crippen LogP contribution is -2.30. The van der Waals surface area contributed by atoms with Gasteiger partial charge in [0.2, 0.25) is 17.7 Å². The van der Waals surface area contributed by atoms with Crippen LogP contribution in [0.3, 0.4) is 0 Å². The molecule has 10 heteroatoms. The van der Waals surface area contributed by atoms with Crippen LogP contribution in [0.25, 0.3) is 0 Å². The normalized spacial score (nSPS) is 16.0. The largest absolute Gasteiger partial charge is 0.462 e. The first-order chi connectivity index (χ1) is 14.7. The van der Waals surface area contributed by atoms with E-state index in [1.165, 1.54) is 6.92 Å². The Labute approximate surface area is 181 Å². The van der Waals surface area contributed by atoms with Crippen LogP contribution < -0.4 is 5.32 Å². The molecule has 1 saturated heterocycles. The Bertz CT molecular complexity index is 831. The van der Waals surface area contributed by atoms with Crippen LogP contribution in [0.15, 0.2) is 4.42 Å². The zero-order valence-electron chi connectivity index (χ0n) is 18.8. The minimum atomic E-state index is -0.800. The Kier molecular flexibility index (Phi) is 8.61. The van der Waals surface area contributed by atoms with Crippen molar-refractivity contribution >= 4 is 29.6 Å². The van der Waals surface area contributed by atoms with E-state index in [1.807, 2.05) is 19.0 Å². The fourth-order valence-corrected chi connectivity index (χ4v) is 3.44. The molecule has 1 aromatic heterocycles. The maximum atomic E-state index is 12.8. The summed E-state index contributed by atoms with van der Waals surface area (Å²) in [4.78, 5) is 53.6. The van der Waals surface area contributed by atoms with E-state index in [0.717, 1.165) is 13.0 Å². The molecule has 1 unspecified atom stereocenters. The lowest BCUT2D eigenvalue weighted by Gasteiger charge is -2.18. The van der Waals surface area contributed by atoms with Crippen molar-refractivity contribution in [3.63, 3.8) is 0 Å². The topological polar surface area (TPSA) is 118 Å². The molecule has 31 heavy (non-hydrogen) atoms. The van der Waals surface area contributed by atoms with Crippen LogP contribution in [-0.2, 0) is 19.1 Å². The highest BCUT2D eigenvalue weighted by molar-refractivity contribution is 6.09. The summed E-state index contributed by atoms with van der Waals surface area (Å²) in [5.41, 5.74) is -0.262. The second-order valence-corrected chi connectivity index (χ2v) is 7.57. The molecule has 1 aliphatic rings. The van der Waals surface area contributed by atoms with E-state index in [9.17, 15) is 19.2 Å². The summed E-state index contributed by atoms with van der Waals surface area (Å²) in [6, 6.07) is 0. The quantitative estimate of drug-likeness (QED) is 0.549. The smallest absolute Gasteiger partial charge is 0.344 e. The number of nitrogens with zero attached hydrogens (tertiary/aromatic N) is 2. The molecular formula is C21H31N3O7. The van der Waals surface area contributed by atoms with E-state index < -0.39 is 23.8 Å². The zero-order chi connectivity index (χ0) is 23.1. The van der Waals surface area contributed by atoms with Crippen LogP contribution in [-0.4, -0.2) is 80.5 Å². The average molecular weight is 437 g/mol. The van der Waals surface area contributed by atoms with Gasteiger partial charge in [-0.1, -0.05) is 0 Å². The molecular weight excluding hydrogens is 406 g/mol. The molecule has 0 saturated carbocycles. The average Bonchev–Trinajstić information content (AvgIpc) is 3.21. The lowest BCUT2D eigenvalue weighted by molar-refractivity contribution is -0.128. The zero-order valence-corrected chi connectivity index (χ0v) is 18.8. The number of nitrogens with one attached hydrogen (secondary N) is 1. The fraction of sp³-hybridized carbons (Fsp3) is 0.619. The van der Waals surface area contributed by atoms with Gasteiger partial charge in [0.1, 0.15) is 16.9 Å². The van der Waals surface area contributed by atoms with E-state index >= 15 is 0 Å². The predicted molar refractivity (Wildman–Crippen MR) is 112 cm³/mol. The van der Waals surface area contributed by atoms with Gasteiger partial charge in [-0.05, 0) is 47.8 Å². The number of carbonyl (C=O) groups is 4. The van der Waals surface area contributed by atoms with Crippen LogP contribution >= 0.6 is 0 Å². The third-order valence-corrected chi connectivity index (χ3v) is 4.90. The SMILES string of the molecule is CCOC(=O)c1c(C)oc(NC(=O)C2CC(=O)N(CCCN(C)C)C2)c1C(=O)OCC. The van der Waals surface area contributed by atoms with Gasteiger partial charge in [-0.3, -0.25) is 14.9 Å². The Morgan fingerprint density at radius 2 is 1.74 bits per heavy atom. The van der Waals surface area contributed by atoms with Crippen molar-refractivity contribution in [2.75, 3.05) is 52.3 Å². The van der Waals surface area contributed by atoms with Gasteiger partial charge in [0.15, 0.2) is 0 Å². The van der Waals surface area contributed by atoms with Gasteiger partial charge >= 0.3 is 11.9 Å². The lowest BCUT2D eigenvalue weighted by atomic mass is 10.1. The number of furan rings is 1. The molecule has 1 aliphatic heterocycles. The van der Waals surface area contributed by atoms with Crippen LogP contribution in [0.4, 0.5) is 5.88 Å². The molecule has 1 aromatic rings. The number of amides is 2. The summed E-state index contributed by atoms with van der Waals surface area (Å²) in [6.45, 7) is 6.66. The van der Waals surface area contributed by atoms with E-state index in [4.69, 9.17) is 13.9 Å². The molecule has 1 atom stereocenters. The highest BCUT2D eigenvalue weighted by Gasteiger charge is 2.36. The van der Waals surface area contributed by atoms with E-state index in [2.05, 4.69) is 5.32 Å². The highest BCUT2D eigenvalue weighted by Crippen LogP contribution is 2.30. The minimum Gasteiger partial charge on any atom is -0.462 e. The number of esters is 2. The number of hydrogen-bond donors (Lipinski definition) is 1. The van der Waals surface area contributed by atoms with Gasteiger partial charge in [0.25, 0.3) is 0 Å². The number of likely N-dealkylation sites (tertiary alicyclic amines) is 1. The second-order valence-electron chi connectivity index (χ2n) is 7.57. The van der Waals surface area contributed by atoms with Crippen LogP contribution in [0.5, 0.6) is 0 Å². The Morgan fingerprint density at radius 3 is 2.32 bits per heavy atom. The number of ether oxygens (including phenoxy) is 2. The summed E-state index contributed by atoms with van der Waals surface area (Å²) in [5, 5.41) is 2.56. The Morgan fingerprint density at radius 1 is 1.13 bits per heavy atom. The Balaban J connectivity index is 2.17. The molecule has 1 N–H and O–H groups in total. The molecule has 2 rings (SSSR count). The van der Waals surface area contributed by atoms with Crippen molar-refractivity contribution in [3.8, 4) is 0 Å². The molecule has 0 radical (unpaired) electrons. The van der Waals surface area contributed by atoms with Crippen molar-refractivity contribution in [1.82, 2.24) is 9.80 Å². The molecule has 2 heterocycles. The number of anilines is 1. The summed E-state index contributed by atoms with van der Waals surface area (Å²) in [6.07, 6.45) is 0.882. The first-order valence-electron chi connectivity index (χ1n) is 10.4. The van der Waals surface area contributed by atoms with Gasteiger partial charge in [-0.15, -0.1) is 0 Å². The van der Waals surface area contributed by atoms with E-state index in [-0.39, 0.29) is 54.9 Å². The van der Waals surface area contributed by atoms with Gasteiger partial charge < -0.3 is 23.7 Å². The van der Waals surface area contributed by atoms with Crippen molar-refractivity contribution in [2.45, 2.75) is 33.6 Å². The van der Waals surface area contributed by atoms with Crippen molar-refractivity contribution in [1.29, 1.82) is 0 Å². The van der Waals surface area contributed by atoms with Gasteiger partial charge in [0.05, 0.1) is 19.1 Å². The molecule has 0 aliphatic carbocycles.